The molecule has 4 heteroatoms. The summed E-state index contributed by atoms with van der Waals surface area (Å²) in [6.07, 6.45) is 32.3. The van der Waals surface area contributed by atoms with Gasteiger partial charge in [-0.05, 0) is 95.0 Å². The Hall–Kier alpha value is -1.62. The van der Waals surface area contributed by atoms with E-state index in [2.05, 4.69) is 46.7 Å². The lowest BCUT2D eigenvalue weighted by atomic mass is 9.89. The third-order valence-electron chi connectivity index (χ3n) is 8.41. The van der Waals surface area contributed by atoms with Crippen LogP contribution in [0.15, 0.2) is 59.4 Å². The number of nitrogens with one attached hydrogen (secondary N) is 1. The topological polar surface area (TPSA) is 44.7 Å². The van der Waals surface area contributed by atoms with E-state index < -0.39 is 6.10 Å². The zero-order valence-electron chi connectivity index (χ0n) is 22.5. The van der Waals surface area contributed by atoms with Gasteiger partial charge in [-0.25, -0.2) is 0 Å². The van der Waals surface area contributed by atoms with Crippen LogP contribution < -0.4 is 5.32 Å². The first-order valence-corrected chi connectivity index (χ1v) is 14.9. The summed E-state index contributed by atoms with van der Waals surface area (Å²) in [5.41, 5.74) is 2.84. The fraction of sp³-hybridized carbons (Fsp3) is 0.688. The van der Waals surface area contributed by atoms with Gasteiger partial charge in [0.05, 0.1) is 0 Å². The number of likely N-dealkylation sites (tertiary alicyclic amines) is 1. The molecule has 0 spiro atoms. The SMILES string of the molecule is OC(C1=CC=C(CN2CCCCCC2)CO1)C(CCCCC1CC=CCC1)NCCC1=CC=CCC1. The van der Waals surface area contributed by atoms with Gasteiger partial charge in [0.25, 0.3) is 0 Å². The maximum atomic E-state index is 11.3. The predicted molar refractivity (Wildman–Crippen MR) is 151 cm³/mol. The summed E-state index contributed by atoms with van der Waals surface area (Å²) in [4.78, 5) is 2.57. The number of nitrogens with zero attached hydrogens (tertiary/aromatic N) is 1. The van der Waals surface area contributed by atoms with Crippen molar-refractivity contribution in [2.45, 2.75) is 102 Å². The molecule has 0 radical (unpaired) electrons. The van der Waals surface area contributed by atoms with E-state index in [0.717, 1.165) is 50.4 Å². The Morgan fingerprint density at radius 2 is 1.86 bits per heavy atom. The summed E-state index contributed by atoms with van der Waals surface area (Å²) in [7, 11) is 0. The van der Waals surface area contributed by atoms with Crippen molar-refractivity contribution >= 4 is 0 Å². The molecule has 0 aromatic rings. The van der Waals surface area contributed by atoms with Gasteiger partial charge in [0.15, 0.2) is 0 Å². The van der Waals surface area contributed by atoms with Crippen molar-refractivity contribution in [3.8, 4) is 0 Å². The molecule has 0 bridgehead atoms. The van der Waals surface area contributed by atoms with Gasteiger partial charge in [-0.2, -0.15) is 0 Å². The molecule has 4 rings (SSSR count). The van der Waals surface area contributed by atoms with E-state index in [-0.39, 0.29) is 6.04 Å². The van der Waals surface area contributed by atoms with Crippen molar-refractivity contribution in [3.05, 3.63) is 59.4 Å². The van der Waals surface area contributed by atoms with Crippen LogP contribution in [0.1, 0.15) is 89.9 Å². The summed E-state index contributed by atoms with van der Waals surface area (Å²) >= 11 is 0. The Balaban J connectivity index is 1.28. The third kappa shape index (κ3) is 9.36. The first-order chi connectivity index (χ1) is 17.8. The van der Waals surface area contributed by atoms with Crippen LogP contribution in [-0.4, -0.2) is 54.9 Å². The number of hydrogen-bond acceptors (Lipinski definition) is 4. The lowest BCUT2D eigenvalue weighted by Crippen LogP contribution is -2.42. The number of unbranched alkanes of at least 4 members (excludes halogenated alkanes) is 1. The molecule has 200 valence electrons. The van der Waals surface area contributed by atoms with E-state index in [0.29, 0.717) is 6.61 Å². The molecule has 2 aliphatic heterocycles. The quantitative estimate of drug-likeness (QED) is 0.223. The second kappa shape index (κ2) is 15.6. The van der Waals surface area contributed by atoms with Gasteiger partial charge >= 0.3 is 0 Å². The van der Waals surface area contributed by atoms with Gasteiger partial charge < -0.3 is 15.2 Å². The molecule has 2 aliphatic carbocycles. The van der Waals surface area contributed by atoms with Crippen LogP contribution in [-0.2, 0) is 4.74 Å². The van der Waals surface area contributed by atoms with Crippen molar-refractivity contribution in [1.29, 1.82) is 0 Å². The van der Waals surface area contributed by atoms with Crippen LogP contribution in [0.2, 0.25) is 0 Å². The predicted octanol–water partition coefficient (Wildman–Crippen LogP) is 6.61. The monoisotopic (exact) mass is 494 g/mol. The molecule has 3 atom stereocenters. The maximum absolute atomic E-state index is 11.3. The van der Waals surface area contributed by atoms with Gasteiger partial charge in [0.2, 0.25) is 0 Å². The molecule has 2 heterocycles. The standard InChI is InChI=1S/C32H50N2O2/c35-32(31-20-19-29(26-36-31)25-34-23-11-1-2-12-24-34)30(33-22-21-28-15-7-4-8-16-28)18-10-9-17-27-13-5-3-6-14-27/h3-5,7,15,19-20,27,30,32-33,35H,1-2,6,8-14,16-18,21-26H2. The summed E-state index contributed by atoms with van der Waals surface area (Å²) in [6.45, 7) is 4.93. The van der Waals surface area contributed by atoms with Gasteiger partial charge in [0.1, 0.15) is 18.5 Å². The second-order valence-electron chi connectivity index (χ2n) is 11.4. The van der Waals surface area contributed by atoms with Gasteiger partial charge in [0, 0.05) is 12.6 Å². The number of allylic oxidation sites excluding steroid dienone is 7. The zero-order valence-corrected chi connectivity index (χ0v) is 22.5. The smallest absolute Gasteiger partial charge is 0.127 e. The summed E-state index contributed by atoms with van der Waals surface area (Å²) in [5.74, 6) is 1.60. The molecule has 4 aliphatic rings. The fourth-order valence-electron chi connectivity index (χ4n) is 6.10. The largest absolute Gasteiger partial charge is 0.491 e. The van der Waals surface area contributed by atoms with Gasteiger partial charge in [-0.3, -0.25) is 4.90 Å². The highest BCUT2D eigenvalue weighted by atomic mass is 16.5. The molecule has 1 fully saturated rings. The molecule has 36 heavy (non-hydrogen) atoms. The normalized spacial score (nSPS) is 24.8. The molecule has 1 saturated heterocycles. The molecular weight excluding hydrogens is 444 g/mol. The van der Waals surface area contributed by atoms with Crippen LogP contribution in [0.3, 0.4) is 0 Å². The molecule has 3 unspecified atom stereocenters. The highest BCUT2D eigenvalue weighted by Gasteiger charge is 2.25. The van der Waals surface area contributed by atoms with Gasteiger partial charge in [-0.15, -0.1) is 0 Å². The van der Waals surface area contributed by atoms with Crippen molar-refractivity contribution in [3.63, 3.8) is 0 Å². The van der Waals surface area contributed by atoms with Crippen LogP contribution in [0.4, 0.5) is 0 Å². The molecule has 2 N–H and O–H groups in total. The summed E-state index contributed by atoms with van der Waals surface area (Å²) < 4.78 is 6.15. The molecule has 0 saturated carbocycles. The number of ether oxygens (including phenoxy) is 1. The molecule has 0 amide bonds. The number of rotatable bonds is 13. The Kier molecular flexibility index (Phi) is 11.9. The minimum atomic E-state index is -0.584. The number of aliphatic hydroxyl groups excluding tert-OH is 1. The first kappa shape index (κ1) is 27.4. The van der Waals surface area contributed by atoms with E-state index in [1.165, 1.54) is 88.4 Å². The fourth-order valence-corrected chi connectivity index (χ4v) is 6.10. The number of aliphatic hydroxyl groups is 1. The first-order valence-electron chi connectivity index (χ1n) is 14.9. The molecular formula is C32H50N2O2. The van der Waals surface area contributed by atoms with Crippen LogP contribution in [0.25, 0.3) is 0 Å². The third-order valence-corrected chi connectivity index (χ3v) is 8.41. The van der Waals surface area contributed by atoms with Gasteiger partial charge in [-0.1, -0.05) is 74.1 Å². The van der Waals surface area contributed by atoms with Crippen LogP contribution in [0.5, 0.6) is 0 Å². The lowest BCUT2D eigenvalue weighted by Gasteiger charge is -2.29. The van der Waals surface area contributed by atoms with Crippen molar-refractivity contribution in [2.24, 2.45) is 5.92 Å². The minimum absolute atomic E-state index is 0.0443. The Morgan fingerprint density at radius 1 is 0.972 bits per heavy atom. The van der Waals surface area contributed by atoms with Crippen LogP contribution in [0, 0.1) is 5.92 Å². The van der Waals surface area contributed by atoms with E-state index in [9.17, 15) is 5.11 Å². The van der Waals surface area contributed by atoms with Crippen molar-refractivity contribution < 1.29 is 9.84 Å². The zero-order chi connectivity index (χ0) is 24.8. The molecule has 0 aromatic carbocycles. The lowest BCUT2D eigenvalue weighted by molar-refractivity contribution is 0.0759. The van der Waals surface area contributed by atoms with E-state index >= 15 is 0 Å². The maximum Gasteiger partial charge on any atom is 0.127 e. The average Bonchev–Trinajstić information content (AvgIpc) is 3.20. The summed E-state index contributed by atoms with van der Waals surface area (Å²) in [5, 5.41) is 15.0. The average molecular weight is 495 g/mol. The molecule has 4 nitrogen and oxygen atoms in total. The van der Waals surface area contributed by atoms with Crippen LogP contribution >= 0.6 is 0 Å². The van der Waals surface area contributed by atoms with Crippen molar-refractivity contribution in [2.75, 3.05) is 32.8 Å². The summed E-state index contributed by atoms with van der Waals surface area (Å²) in [6, 6.07) is 0.0443. The van der Waals surface area contributed by atoms with E-state index in [4.69, 9.17) is 4.74 Å². The highest BCUT2D eigenvalue weighted by Crippen LogP contribution is 2.25. The minimum Gasteiger partial charge on any atom is -0.491 e. The number of hydrogen-bond donors (Lipinski definition) is 2. The van der Waals surface area contributed by atoms with Crippen molar-refractivity contribution in [1.82, 2.24) is 10.2 Å². The van der Waals surface area contributed by atoms with E-state index in [1.807, 2.05) is 6.08 Å². The highest BCUT2D eigenvalue weighted by molar-refractivity contribution is 5.24. The van der Waals surface area contributed by atoms with E-state index in [1.54, 1.807) is 0 Å². The Bertz CT molecular complexity index is 801. The Morgan fingerprint density at radius 3 is 2.58 bits per heavy atom. The molecule has 0 aromatic heterocycles. The Labute approximate surface area is 220 Å². The second-order valence-corrected chi connectivity index (χ2v) is 11.4.